The normalized spacial score (nSPS) is 32.9. The fourth-order valence-corrected chi connectivity index (χ4v) is 2.57. The molecule has 0 aromatic heterocycles. The first kappa shape index (κ1) is 16.7. The van der Waals surface area contributed by atoms with Gasteiger partial charge >= 0.3 is 5.97 Å². The molecule has 4 heteroatoms. The number of hydrogen-bond donors (Lipinski definition) is 1. The first-order valence-corrected chi connectivity index (χ1v) is 8.19. The Bertz CT molecular complexity index is 352. The summed E-state index contributed by atoms with van der Waals surface area (Å²) >= 11 is 2.19. The third kappa shape index (κ3) is 6.08. The van der Waals surface area contributed by atoms with E-state index in [0.29, 0.717) is 6.42 Å². The van der Waals surface area contributed by atoms with Crippen molar-refractivity contribution >= 4 is 28.6 Å². The summed E-state index contributed by atoms with van der Waals surface area (Å²) in [6.45, 7) is 4.07. The Hall–Kier alpha value is -0.360. The molecule has 1 aliphatic heterocycles. The van der Waals surface area contributed by atoms with Gasteiger partial charge in [-0.1, -0.05) is 54.5 Å². The van der Waals surface area contributed by atoms with E-state index in [2.05, 4.69) is 35.6 Å². The molecule has 0 amide bonds. The summed E-state index contributed by atoms with van der Waals surface area (Å²) in [4.78, 5) is 11.8. The number of nitrogens with two attached hydrogens (primary N) is 1. The van der Waals surface area contributed by atoms with Crippen molar-refractivity contribution in [1.82, 2.24) is 0 Å². The van der Waals surface area contributed by atoms with E-state index < -0.39 is 0 Å². The van der Waals surface area contributed by atoms with E-state index in [4.69, 9.17) is 10.5 Å². The summed E-state index contributed by atoms with van der Waals surface area (Å²) in [5.74, 6) is 0.0631. The van der Waals surface area contributed by atoms with Gasteiger partial charge in [0.2, 0.25) is 0 Å². The average Bonchev–Trinajstić information content (AvgIpc) is 2.39. The maximum atomic E-state index is 11.8. The highest BCUT2D eigenvalue weighted by molar-refractivity contribution is 14.1. The Kier molecular flexibility index (Phi) is 7.68. The molecule has 0 bridgehead atoms. The second-order valence-corrected chi connectivity index (χ2v) is 5.89. The SMILES string of the molecule is C/C(=C\I)[C@H]1OC(=O)CCCCC[C@@H](N)/C=C/[C@@H]1C. The molecule has 0 aromatic carbocycles. The Labute approximate surface area is 129 Å². The fraction of sp³-hybridized carbons (Fsp3) is 0.667. The van der Waals surface area contributed by atoms with Crippen LogP contribution in [-0.4, -0.2) is 18.1 Å². The van der Waals surface area contributed by atoms with Crippen LogP contribution in [0.1, 0.15) is 46.0 Å². The van der Waals surface area contributed by atoms with E-state index >= 15 is 0 Å². The van der Waals surface area contributed by atoms with E-state index in [-0.39, 0.29) is 24.0 Å². The van der Waals surface area contributed by atoms with Crippen LogP contribution in [0.3, 0.4) is 0 Å². The summed E-state index contributed by atoms with van der Waals surface area (Å²) in [6.07, 6.45) is 8.46. The Morgan fingerprint density at radius 1 is 1.42 bits per heavy atom. The van der Waals surface area contributed by atoms with Gasteiger partial charge in [-0.15, -0.1) is 0 Å². The molecule has 0 aromatic rings. The highest BCUT2D eigenvalue weighted by Gasteiger charge is 2.21. The molecule has 3 atom stereocenters. The molecule has 0 saturated heterocycles. The third-order valence-electron chi connectivity index (χ3n) is 3.44. The number of hydrogen-bond acceptors (Lipinski definition) is 3. The van der Waals surface area contributed by atoms with Crippen molar-refractivity contribution in [2.45, 2.75) is 58.1 Å². The predicted octanol–water partition coefficient (Wildman–Crippen LogP) is 3.72. The fourth-order valence-electron chi connectivity index (χ4n) is 2.22. The van der Waals surface area contributed by atoms with Gasteiger partial charge in [-0.25, -0.2) is 0 Å². The van der Waals surface area contributed by atoms with Gasteiger partial charge in [0.25, 0.3) is 0 Å². The molecule has 0 saturated carbocycles. The van der Waals surface area contributed by atoms with Crippen LogP contribution in [-0.2, 0) is 9.53 Å². The highest BCUT2D eigenvalue weighted by atomic mass is 127. The number of rotatable bonds is 1. The van der Waals surface area contributed by atoms with Crippen molar-refractivity contribution in [3.05, 3.63) is 21.8 Å². The molecule has 2 N–H and O–H groups in total. The second-order valence-electron chi connectivity index (χ2n) is 5.27. The third-order valence-corrected chi connectivity index (χ3v) is 4.42. The Morgan fingerprint density at radius 3 is 2.84 bits per heavy atom. The summed E-state index contributed by atoms with van der Waals surface area (Å²) in [7, 11) is 0. The van der Waals surface area contributed by atoms with Crippen LogP contribution in [0.2, 0.25) is 0 Å². The number of carbonyl (C=O) groups is 1. The van der Waals surface area contributed by atoms with E-state index in [1.165, 1.54) is 0 Å². The van der Waals surface area contributed by atoms with E-state index in [1.54, 1.807) is 0 Å². The van der Waals surface area contributed by atoms with Crippen molar-refractivity contribution in [2.75, 3.05) is 0 Å². The van der Waals surface area contributed by atoms with E-state index in [9.17, 15) is 4.79 Å². The number of esters is 1. The van der Waals surface area contributed by atoms with Crippen LogP contribution >= 0.6 is 22.6 Å². The lowest BCUT2D eigenvalue weighted by Crippen LogP contribution is -2.26. The number of halogens is 1. The maximum Gasteiger partial charge on any atom is 0.306 e. The number of ether oxygens (including phenoxy) is 1. The van der Waals surface area contributed by atoms with Crippen molar-refractivity contribution in [2.24, 2.45) is 11.7 Å². The Balaban J connectivity index is 2.84. The van der Waals surface area contributed by atoms with Gasteiger partial charge in [-0.05, 0) is 29.4 Å². The molecule has 19 heavy (non-hydrogen) atoms. The van der Waals surface area contributed by atoms with Gasteiger partial charge in [0.15, 0.2) is 0 Å². The summed E-state index contributed by atoms with van der Waals surface area (Å²) < 4.78 is 7.60. The molecule has 0 spiro atoms. The summed E-state index contributed by atoms with van der Waals surface area (Å²) in [6, 6.07) is 0.113. The average molecular weight is 377 g/mol. The lowest BCUT2D eigenvalue weighted by atomic mass is 9.96. The van der Waals surface area contributed by atoms with Crippen LogP contribution in [0, 0.1) is 5.92 Å². The molecule has 108 valence electrons. The largest absolute Gasteiger partial charge is 0.457 e. The summed E-state index contributed by atoms with van der Waals surface area (Å²) in [5, 5.41) is 0. The van der Waals surface area contributed by atoms with Crippen molar-refractivity contribution in [1.29, 1.82) is 0 Å². The van der Waals surface area contributed by atoms with Crippen LogP contribution in [0.15, 0.2) is 21.8 Å². The molecule has 3 nitrogen and oxygen atoms in total. The Morgan fingerprint density at radius 2 is 2.16 bits per heavy atom. The van der Waals surface area contributed by atoms with Gasteiger partial charge in [-0.3, -0.25) is 4.79 Å². The summed E-state index contributed by atoms with van der Waals surface area (Å²) in [5.41, 5.74) is 7.13. The minimum Gasteiger partial charge on any atom is -0.457 e. The van der Waals surface area contributed by atoms with Gasteiger partial charge in [0.1, 0.15) is 6.10 Å². The van der Waals surface area contributed by atoms with Crippen LogP contribution in [0.5, 0.6) is 0 Å². The van der Waals surface area contributed by atoms with Crippen molar-refractivity contribution in [3.63, 3.8) is 0 Å². The van der Waals surface area contributed by atoms with E-state index in [1.807, 2.05) is 17.1 Å². The molecular formula is C15H24INO2. The molecule has 0 unspecified atom stereocenters. The monoisotopic (exact) mass is 377 g/mol. The van der Waals surface area contributed by atoms with Gasteiger partial charge in [0, 0.05) is 18.4 Å². The number of carbonyl (C=O) groups excluding carboxylic acids is 1. The highest BCUT2D eigenvalue weighted by Crippen LogP contribution is 2.21. The quantitative estimate of drug-likeness (QED) is 0.431. The van der Waals surface area contributed by atoms with Crippen molar-refractivity contribution in [3.8, 4) is 0 Å². The molecule has 1 aliphatic rings. The van der Waals surface area contributed by atoms with Crippen LogP contribution in [0.25, 0.3) is 0 Å². The topological polar surface area (TPSA) is 52.3 Å². The van der Waals surface area contributed by atoms with Crippen LogP contribution < -0.4 is 5.73 Å². The maximum absolute atomic E-state index is 11.8. The standard InChI is InChI=1S/C15H24INO2/c1-11-8-9-13(17)6-4-3-5-7-14(18)19-15(11)12(2)10-16/h8-11,13,15H,3-7,17H2,1-2H3/b9-8+,12-10+/t11-,13+,15-/m0/s1. The molecule has 0 aliphatic carbocycles. The minimum absolute atomic E-state index is 0.0901. The van der Waals surface area contributed by atoms with Crippen molar-refractivity contribution < 1.29 is 9.53 Å². The lowest BCUT2D eigenvalue weighted by molar-refractivity contribution is -0.148. The predicted molar refractivity (Wildman–Crippen MR) is 87.0 cm³/mol. The van der Waals surface area contributed by atoms with Gasteiger partial charge < -0.3 is 10.5 Å². The van der Waals surface area contributed by atoms with Gasteiger partial charge in [-0.2, -0.15) is 0 Å². The van der Waals surface area contributed by atoms with Crippen LogP contribution in [0.4, 0.5) is 0 Å². The lowest BCUT2D eigenvalue weighted by Gasteiger charge is -2.23. The molecule has 1 heterocycles. The molecular weight excluding hydrogens is 353 g/mol. The zero-order chi connectivity index (χ0) is 14.3. The van der Waals surface area contributed by atoms with Gasteiger partial charge in [0.05, 0.1) is 0 Å². The smallest absolute Gasteiger partial charge is 0.306 e. The second kappa shape index (κ2) is 8.74. The zero-order valence-electron chi connectivity index (χ0n) is 11.8. The number of cyclic esters (lactones) is 1. The molecule has 0 radical (unpaired) electrons. The first-order chi connectivity index (χ1) is 9.04. The zero-order valence-corrected chi connectivity index (χ0v) is 13.9. The molecule has 0 fully saturated rings. The first-order valence-electron chi connectivity index (χ1n) is 6.95. The minimum atomic E-state index is -0.174. The van der Waals surface area contributed by atoms with E-state index in [0.717, 1.165) is 31.3 Å². The molecule has 1 rings (SSSR count).